The minimum Gasteiger partial charge on any atom is -0.481 e. The normalized spacial score (nSPS) is 17.8. The molecule has 1 heterocycles. The molecule has 2 N–H and O–H groups in total. The van der Waals surface area contributed by atoms with Gasteiger partial charge in [-0.05, 0) is 41.5 Å². The molecular formula is C29H27NO5. The number of aliphatic carboxylic acids is 1. The van der Waals surface area contributed by atoms with Gasteiger partial charge in [0.2, 0.25) is 0 Å². The number of benzene rings is 3. The van der Waals surface area contributed by atoms with Gasteiger partial charge in [0.05, 0.1) is 30.4 Å². The van der Waals surface area contributed by atoms with Crippen LogP contribution in [-0.4, -0.2) is 27.9 Å². The number of rotatable bonds is 9. The molecule has 0 radical (unpaired) electrons. The van der Waals surface area contributed by atoms with E-state index in [1.54, 1.807) is 0 Å². The summed E-state index contributed by atoms with van der Waals surface area (Å²) in [5, 5.41) is 24.0. The first kappa shape index (κ1) is 23.0. The fourth-order valence-electron chi connectivity index (χ4n) is 4.50. The van der Waals surface area contributed by atoms with Crippen molar-refractivity contribution in [2.24, 2.45) is 5.92 Å². The smallest absolute Gasteiger partial charge is 0.307 e. The standard InChI is InChI=1S/C29H27NO5/c1-18-27(26(31)17-34-16-19-5-3-2-4-6-19)28(35-30-18)23-13-9-21(10-14-23)20-7-11-22(12-8-20)24-15-25(24)29(32)33/h2-14,24-26,31H,15-17H2,1H3,(H,32,33)/t24-,25-,26-/m1/s1. The van der Waals surface area contributed by atoms with E-state index in [2.05, 4.69) is 5.16 Å². The molecule has 0 amide bonds. The summed E-state index contributed by atoms with van der Waals surface area (Å²) in [6.45, 7) is 2.37. The molecule has 1 aliphatic rings. The van der Waals surface area contributed by atoms with Crippen LogP contribution in [0.4, 0.5) is 0 Å². The zero-order valence-electron chi connectivity index (χ0n) is 19.4. The van der Waals surface area contributed by atoms with Crippen molar-refractivity contribution in [1.82, 2.24) is 5.16 Å². The van der Waals surface area contributed by atoms with Gasteiger partial charge in [0.25, 0.3) is 0 Å². The number of ether oxygens (including phenoxy) is 1. The molecule has 0 aliphatic heterocycles. The summed E-state index contributed by atoms with van der Waals surface area (Å²) in [6.07, 6.45) is -0.143. The summed E-state index contributed by atoms with van der Waals surface area (Å²) in [6, 6.07) is 25.8. The van der Waals surface area contributed by atoms with Crippen molar-refractivity contribution in [2.75, 3.05) is 6.61 Å². The molecule has 1 aromatic heterocycles. The zero-order chi connectivity index (χ0) is 24.4. The highest BCUT2D eigenvalue weighted by Crippen LogP contribution is 2.47. The number of hydrogen-bond acceptors (Lipinski definition) is 5. The van der Waals surface area contributed by atoms with Crippen LogP contribution in [0.3, 0.4) is 0 Å². The third-order valence-corrected chi connectivity index (χ3v) is 6.56. The van der Waals surface area contributed by atoms with Crippen molar-refractivity contribution in [3.8, 4) is 22.5 Å². The Balaban J connectivity index is 1.27. The van der Waals surface area contributed by atoms with Crippen LogP contribution in [0.25, 0.3) is 22.5 Å². The summed E-state index contributed by atoms with van der Waals surface area (Å²) in [5.74, 6) is -0.308. The topological polar surface area (TPSA) is 92.8 Å². The predicted molar refractivity (Wildman–Crippen MR) is 132 cm³/mol. The van der Waals surface area contributed by atoms with Gasteiger partial charge in [-0.25, -0.2) is 0 Å². The van der Waals surface area contributed by atoms with Gasteiger partial charge in [0.15, 0.2) is 5.76 Å². The van der Waals surface area contributed by atoms with Gasteiger partial charge in [0, 0.05) is 5.56 Å². The first-order valence-electron chi connectivity index (χ1n) is 11.7. The number of carbonyl (C=O) groups is 1. The predicted octanol–water partition coefficient (Wildman–Crippen LogP) is 5.76. The SMILES string of the molecule is Cc1noc(-c2ccc(-c3ccc([C@H]4C[C@H]4C(=O)O)cc3)cc2)c1[C@H](O)COCc1ccccc1. The van der Waals surface area contributed by atoms with Crippen LogP contribution >= 0.6 is 0 Å². The molecule has 0 bridgehead atoms. The van der Waals surface area contributed by atoms with Gasteiger partial charge >= 0.3 is 5.97 Å². The molecule has 3 aromatic carbocycles. The number of aryl methyl sites for hydroxylation is 1. The number of aromatic nitrogens is 1. The third kappa shape index (κ3) is 5.04. The molecule has 6 nitrogen and oxygen atoms in total. The second kappa shape index (κ2) is 9.86. The first-order chi connectivity index (χ1) is 17.0. The summed E-state index contributed by atoms with van der Waals surface area (Å²) in [4.78, 5) is 11.1. The largest absolute Gasteiger partial charge is 0.481 e. The van der Waals surface area contributed by atoms with Gasteiger partial charge in [-0.15, -0.1) is 0 Å². The first-order valence-corrected chi connectivity index (χ1v) is 11.7. The van der Waals surface area contributed by atoms with Gasteiger partial charge < -0.3 is 19.5 Å². The Bertz CT molecular complexity index is 1300. The molecule has 1 aliphatic carbocycles. The number of carboxylic acids is 1. The van der Waals surface area contributed by atoms with E-state index < -0.39 is 12.1 Å². The van der Waals surface area contributed by atoms with Crippen molar-refractivity contribution in [3.63, 3.8) is 0 Å². The van der Waals surface area contributed by atoms with Crippen LogP contribution in [0.1, 0.15) is 40.8 Å². The lowest BCUT2D eigenvalue weighted by molar-refractivity contribution is -0.138. The Morgan fingerprint density at radius 1 is 1.00 bits per heavy atom. The molecule has 3 atom stereocenters. The van der Waals surface area contributed by atoms with E-state index in [9.17, 15) is 9.90 Å². The number of nitrogens with zero attached hydrogens (tertiary/aromatic N) is 1. The molecule has 0 saturated heterocycles. The van der Waals surface area contributed by atoms with E-state index in [1.165, 1.54) is 0 Å². The van der Waals surface area contributed by atoms with Crippen LogP contribution in [0.5, 0.6) is 0 Å². The van der Waals surface area contributed by atoms with Gasteiger partial charge in [-0.3, -0.25) is 4.79 Å². The molecular weight excluding hydrogens is 442 g/mol. The fraction of sp³-hybridized carbons (Fsp3) is 0.241. The van der Waals surface area contributed by atoms with E-state index in [-0.39, 0.29) is 18.4 Å². The maximum atomic E-state index is 11.1. The average Bonchev–Trinajstić information content (AvgIpc) is 3.60. The van der Waals surface area contributed by atoms with Crippen molar-refractivity contribution >= 4 is 5.97 Å². The molecule has 4 aromatic rings. The lowest BCUT2D eigenvalue weighted by Crippen LogP contribution is -2.09. The van der Waals surface area contributed by atoms with E-state index in [0.717, 1.165) is 27.8 Å². The number of carboxylic acid groups (broad SMARTS) is 1. The summed E-state index contributed by atoms with van der Waals surface area (Å²) in [5.41, 5.74) is 6.30. The van der Waals surface area contributed by atoms with Crippen LogP contribution < -0.4 is 0 Å². The Morgan fingerprint density at radius 3 is 2.26 bits per heavy atom. The Morgan fingerprint density at radius 2 is 1.63 bits per heavy atom. The molecule has 35 heavy (non-hydrogen) atoms. The maximum absolute atomic E-state index is 11.1. The second-order valence-corrected chi connectivity index (χ2v) is 9.01. The quantitative estimate of drug-likeness (QED) is 0.324. The van der Waals surface area contributed by atoms with Crippen LogP contribution in [0.15, 0.2) is 83.4 Å². The Labute approximate surface area is 203 Å². The van der Waals surface area contributed by atoms with Crippen molar-refractivity contribution in [2.45, 2.75) is 32.0 Å². The van der Waals surface area contributed by atoms with Crippen molar-refractivity contribution in [3.05, 3.63) is 101 Å². The summed E-state index contributed by atoms with van der Waals surface area (Å²) in [7, 11) is 0. The van der Waals surface area contributed by atoms with E-state index >= 15 is 0 Å². The van der Waals surface area contributed by atoms with Gasteiger partial charge in [-0.1, -0.05) is 84.0 Å². The van der Waals surface area contributed by atoms with Crippen LogP contribution in [0.2, 0.25) is 0 Å². The average molecular weight is 470 g/mol. The Kier molecular flexibility index (Phi) is 6.49. The summed E-state index contributed by atoms with van der Waals surface area (Å²) >= 11 is 0. The summed E-state index contributed by atoms with van der Waals surface area (Å²) < 4.78 is 11.3. The van der Waals surface area contributed by atoms with Crippen molar-refractivity contribution < 1.29 is 24.3 Å². The molecule has 1 saturated carbocycles. The maximum Gasteiger partial charge on any atom is 0.307 e. The molecule has 0 unspecified atom stereocenters. The monoisotopic (exact) mass is 469 g/mol. The van der Waals surface area contributed by atoms with E-state index in [4.69, 9.17) is 14.4 Å². The highest BCUT2D eigenvalue weighted by atomic mass is 16.5. The number of hydrogen-bond donors (Lipinski definition) is 2. The highest BCUT2D eigenvalue weighted by Gasteiger charge is 2.44. The second-order valence-electron chi connectivity index (χ2n) is 9.01. The van der Waals surface area contributed by atoms with Gasteiger partial charge in [-0.2, -0.15) is 0 Å². The lowest BCUT2D eigenvalue weighted by Gasteiger charge is -2.12. The number of aliphatic hydroxyl groups excluding tert-OH is 1. The molecule has 6 heteroatoms. The van der Waals surface area contributed by atoms with Crippen LogP contribution in [-0.2, 0) is 16.1 Å². The van der Waals surface area contributed by atoms with E-state index in [1.807, 2.05) is 85.8 Å². The van der Waals surface area contributed by atoms with Crippen LogP contribution in [0, 0.1) is 12.8 Å². The molecule has 1 fully saturated rings. The molecule has 178 valence electrons. The van der Waals surface area contributed by atoms with Crippen molar-refractivity contribution in [1.29, 1.82) is 0 Å². The molecule has 5 rings (SSSR count). The fourth-order valence-corrected chi connectivity index (χ4v) is 4.50. The number of aliphatic hydroxyl groups is 1. The van der Waals surface area contributed by atoms with E-state index in [0.29, 0.717) is 30.0 Å². The van der Waals surface area contributed by atoms with Gasteiger partial charge in [0.1, 0.15) is 6.10 Å². The minimum absolute atomic E-state index is 0.125. The third-order valence-electron chi connectivity index (χ3n) is 6.56. The zero-order valence-corrected chi connectivity index (χ0v) is 19.4. The highest BCUT2D eigenvalue weighted by molar-refractivity contribution is 5.75. The minimum atomic E-state index is -0.857. The Hall–Kier alpha value is -3.74. The molecule has 0 spiro atoms. The lowest BCUT2D eigenvalue weighted by atomic mass is 9.98.